The second-order valence-electron chi connectivity index (χ2n) is 5.29. The van der Waals surface area contributed by atoms with Gasteiger partial charge in [-0.05, 0) is 45.4 Å². The molecule has 0 spiro atoms. The van der Waals surface area contributed by atoms with Crippen LogP contribution in [0.2, 0.25) is 0 Å². The van der Waals surface area contributed by atoms with Gasteiger partial charge in [0.25, 0.3) is 0 Å². The maximum absolute atomic E-state index is 4.55. The quantitative estimate of drug-likeness (QED) is 0.865. The maximum atomic E-state index is 4.55. The van der Waals surface area contributed by atoms with Crippen molar-refractivity contribution in [3.63, 3.8) is 0 Å². The lowest BCUT2D eigenvalue weighted by atomic mass is 9.93. The number of thiazole rings is 1. The van der Waals surface area contributed by atoms with Crippen molar-refractivity contribution in [2.24, 2.45) is 0 Å². The van der Waals surface area contributed by atoms with E-state index < -0.39 is 0 Å². The highest BCUT2D eigenvalue weighted by atomic mass is 79.9. The van der Waals surface area contributed by atoms with Crippen molar-refractivity contribution in [3.05, 3.63) is 50.4 Å². The second-order valence-corrected chi connectivity index (χ2v) is 7.27. The Bertz CT molecular complexity index is 546. The van der Waals surface area contributed by atoms with Crippen LogP contribution in [0.5, 0.6) is 0 Å². The fraction of sp³-hybridized carbons (Fsp3) is 0.400. The predicted molar refractivity (Wildman–Crippen MR) is 85.6 cm³/mol. The molecule has 0 saturated heterocycles. The van der Waals surface area contributed by atoms with Gasteiger partial charge in [0, 0.05) is 21.4 Å². The molecule has 1 atom stereocenters. The second kappa shape index (κ2) is 5.73. The number of hydrogen-bond donors (Lipinski definition) is 1. The van der Waals surface area contributed by atoms with Crippen LogP contribution in [0.3, 0.4) is 0 Å². The van der Waals surface area contributed by atoms with Crippen LogP contribution in [0, 0.1) is 6.92 Å². The maximum Gasteiger partial charge on any atom is 0.0898 e. The van der Waals surface area contributed by atoms with Crippen LogP contribution in [-0.2, 0) is 5.54 Å². The van der Waals surface area contributed by atoms with Crippen molar-refractivity contribution in [2.45, 2.75) is 39.3 Å². The Balaban J connectivity index is 2.14. The Kier molecular flexibility index (Phi) is 4.43. The molecule has 0 aliphatic heterocycles. The van der Waals surface area contributed by atoms with Gasteiger partial charge in [-0.1, -0.05) is 28.1 Å². The number of halogens is 1. The molecule has 2 rings (SSSR count). The number of rotatable bonds is 4. The van der Waals surface area contributed by atoms with Gasteiger partial charge in [-0.3, -0.25) is 5.32 Å². The van der Waals surface area contributed by atoms with Crippen LogP contribution in [-0.4, -0.2) is 4.98 Å². The lowest BCUT2D eigenvalue weighted by Crippen LogP contribution is -2.38. The summed E-state index contributed by atoms with van der Waals surface area (Å²) in [5.74, 6) is 0. The number of nitrogens with one attached hydrogen (secondary N) is 1. The van der Waals surface area contributed by atoms with Crippen LogP contribution in [0.15, 0.2) is 34.1 Å². The zero-order valence-corrected chi connectivity index (χ0v) is 14.1. The van der Waals surface area contributed by atoms with Gasteiger partial charge in [0.15, 0.2) is 0 Å². The van der Waals surface area contributed by atoms with Crippen LogP contribution in [0.25, 0.3) is 0 Å². The molecule has 2 aromatic rings. The number of hydrogen-bond acceptors (Lipinski definition) is 3. The zero-order chi connectivity index (χ0) is 14.0. The number of aryl methyl sites for hydroxylation is 1. The Morgan fingerprint density at radius 1 is 1.26 bits per heavy atom. The van der Waals surface area contributed by atoms with Gasteiger partial charge in [-0.15, -0.1) is 11.3 Å². The van der Waals surface area contributed by atoms with E-state index in [0.29, 0.717) is 0 Å². The molecule has 0 radical (unpaired) electrons. The summed E-state index contributed by atoms with van der Waals surface area (Å²) in [5, 5.41) is 6.90. The van der Waals surface area contributed by atoms with Gasteiger partial charge in [0.2, 0.25) is 0 Å². The summed E-state index contributed by atoms with van der Waals surface area (Å²) >= 11 is 5.17. The average Bonchev–Trinajstić information content (AvgIpc) is 2.76. The van der Waals surface area contributed by atoms with Crippen molar-refractivity contribution in [3.8, 4) is 0 Å². The summed E-state index contributed by atoms with van der Waals surface area (Å²) in [6, 6.07) is 8.70. The molecule has 102 valence electrons. The minimum Gasteiger partial charge on any atom is -0.300 e. The summed E-state index contributed by atoms with van der Waals surface area (Å²) in [6.45, 7) is 8.60. The first-order valence-electron chi connectivity index (χ1n) is 6.34. The molecule has 0 saturated carbocycles. The summed E-state index contributed by atoms with van der Waals surface area (Å²) in [5.41, 5.74) is 2.31. The molecule has 4 heteroatoms. The Morgan fingerprint density at radius 3 is 2.42 bits per heavy atom. The summed E-state index contributed by atoms with van der Waals surface area (Å²) in [7, 11) is 0. The van der Waals surface area contributed by atoms with E-state index >= 15 is 0 Å². The molecule has 1 N–H and O–H groups in total. The van der Waals surface area contributed by atoms with Gasteiger partial charge < -0.3 is 0 Å². The molecule has 1 aromatic heterocycles. The highest BCUT2D eigenvalue weighted by Gasteiger charge is 2.23. The van der Waals surface area contributed by atoms with Gasteiger partial charge in [0.05, 0.1) is 10.7 Å². The van der Waals surface area contributed by atoms with E-state index in [1.54, 1.807) is 11.3 Å². The third kappa shape index (κ3) is 3.65. The lowest BCUT2D eigenvalue weighted by molar-refractivity contribution is 0.354. The highest BCUT2D eigenvalue weighted by Crippen LogP contribution is 2.26. The number of aromatic nitrogens is 1. The molecule has 0 aliphatic rings. The van der Waals surface area contributed by atoms with Gasteiger partial charge in [0.1, 0.15) is 0 Å². The van der Waals surface area contributed by atoms with E-state index in [4.69, 9.17) is 0 Å². The first-order valence-corrected chi connectivity index (χ1v) is 8.01. The summed E-state index contributed by atoms with van der Waals surface area (Å²) in [4.78, 5) is 4.55. The van der Waals surface area contributed by atoms with Crippen molar-refractivity contribution in [1.29, 1.82) is 0 Å². The van der Waals surface area contributed by atoms with Gasteiger partial charge in [-0.2, -0.15) is 0 Å². The molecule has 19 heavy (non-hydrogen) atoms. The Hall–Kier alpha value is -0.710. The van der Waals surface area contributed by atoms with E-state index in [1.165, 1.54) is 5.56 Å². The summed E-state index contributed by atoms with van der Waals surface area (Å²) < 4.78 is 1.11. The molecule has 2 nitrogen and oxygen atoms in total. The van der Waals surface area contributed by atoms with Gasteiger partial charge >= 0.3 is 0 Å². The van der Waals surface area contributed by atoms with Crippen molar-refractivity contribution < 1.29 is 0 Å². The normalized spacial score (nSPS) is 13.5. The van der Waals surface area contributed by atoms with E-state index in [2.05, 4.69) is 76.6 Å². The molecule has 0 fully saturated rings. The van der Waals surface area contributed by atoms with Crippen LogP contribution >= 0.6 is 27.3 Å². The topological polar surface area (TPSA) is 24.9 Å². The Labute approximate surface area is 127 Å². The monoisotopic (exact) mass is 338 g/mol. The van der Waals surface area contributed by atoms with Crippen molar-refractivity contribution in [1.82, 2.24) is 10.3 Å². The SMILES string of the molecule is Cc1nc(C(C)NC(C)(C)c2ccc(Br)cc2)cs1. The molecule has 1 unspecified atom stereocenters. The molecule has 1 heterocycles. The first kappa shape index (κ1) is 14.7. The largest absolute Gasteiger partial charge is 0.300 e. The van der Waals surface area contributed by atoms with Crippen molar-refractivity contribution >= 4 is 27.3 Å². The van der Waals surface area contributed by atoms with Crippen LogP contribution in [0.4, 0.5) is 0 Å². The van der Waals surface area contributed by atoms with E-state index in [9.17, 15) is 0 Å². The zero-order valence-electron chi connectivity index (χ0n) is 11.7. The molecular weight excluding hydrogens is 320 g/mol. The Morgan fingerprint density at radius 2 is 1.89 bits per heavy atom. The first-order chi connectivity index (χ1) is 8.88. The molecule has 0 amide bonds. The highest BCUT2D eigenvalue weighted by molar-refractivity contribution is 9.10. The van der Waals surface area contributed by atoms with Gasteiger partial charge in [-0.25, -0.2) is 4.98 Å². The minimum absolute atomic E-state index is 0.0857. The van der Waals surface area contributed by atoms with Crippen LogP contribution < -0.4 is 5.32 Å². The van der Waals surface area contributed by atoms with Crippen molar-refractivity contribution in [2.75, 3.05) is 0 Å². The van der Waals surface area contributed by atoms with E-state index in [-0.39, 0.29) is 11.6 Å². The third-order valence-corrected chi connectivity index (χ3v) is 4.54. The summed E-state index contributed by atoms with van der Waals surface area (Å²) in [6.07, 6.45) is 0. The predicted octanol–water partition coefficient (Wildman–Crippen LogP) is 4.80. The standard InChI is InChI=1S/C15H19BrN2S/c1-10(14-9-19-11(2)17-14)18-15(3,4)12-5-7-13(16)8-6-12/h5-10,18H,1-4H3. The minimum atomic E-state index is -0.0857. The molecule has 0 aliphatic carbocycles. The average molecular weight is 339 g/mol. The molecule has 1 aromatic carbocycles. The molecular formula is C15H19BrN2S. The third-order valence-electron chi connectivity index (χ3n) is 3.22. The number of nitrogens with zero attached hydrogens (tertiary/aromatic N) is 1. The smallest absolute Gasteiger partial charge is 0.0898 e. The van der Waals surface area contributed by atoms with E-state index in [1.807, 2.05) is 6.92 Å². The fourth-order valence-corrected chi connectivity index (χ4v) is 3.11. The number of benzene rings is 1. The fourth-order valence-electron chi connectivity index (χ4n) is 2.14. The molecule has 0 bridgehead atoms. The van der Waals surface area contributed by atoms with Crippen LogP contribution in [0.1, 0.15) is 43.1 Å². The lowest BCUT2D eigenvalue weighted by Gasteiger charge is -2.30. The van der Waals surface area contributed by atoms with E-state index in [0.717, 1.165) is 15.2 Å².